The van der Waals surface area contributed by atoms with Gasteiger partial charge < -0.3 is 4.74 Å². The fraction of sp³-hybridized carbons (Fsp3) is 0.667. The lowest BCUT2D eigenvalue weighted by molar-refractivity contribution is -0.0478. The summed E-state index contributed by atoms with van der Waals surface area (Å²) in [4.78, 5) is 0. The van der Waals surface area contributed by atoms with Gasteiger partial charge in [-0.3, -0.25) is 0 Å². The standard InChI is InChI=1S/C18H26F2O/c1-3-7-16(19)18(20)13(2)15-10-11-17(21-12-15)14-8-5-4-6-9-14/h3,7,14-15,17H,2,4-6,8-12H2,1H3/b7-3-,18-16-. The third kappa shape index (κ3) is 4.26. The predicted molar refractivity (Wildman–Crippen MR) is 82.2 cm³/mol. The van der Waals surface area contributed by atoms with E-state index in [2.05, 4.69) is 6.58 Å². The van der Waals surface area contributed by atoms with Crippen molar-refractivity contribution in [3.63, 3.8) is 0 Å². The Morgan fingerprint density at radius 1 is 1.10 bits per heavy atom. The second-order valence-electron chi connectivity index (χ2n) is 6.23. The number of rotatable bonds is 4. The van der Waals surface area contributed by atoms with Crippen molar-refractivity contribution in [2.24, 2.45) is 11.8 Å². The third-order valence-corrected chi connectivity index (χ3v) is 4.78. The van der Waals surface area contributed by atoms with Crippen LogP contribution in [0.4, 0.5) is 8.78 Å². The molecule has 1 aliphatic heterocycles. The number of hydrogen-bond donors (Lipinski definition) is 0. The first-order valence-corrected chi connectivity index (χ1v) is 8.12. The number of allylic oxidation sites excluding steroid dienone is 4. The molecule has 118 valence electrons. The predicted octanol–water partition coefficient (Wildman–Crippen LogP) is 5.64. The highest BCUT2D eigenvalue weighted by molar-refractivity contribution is 5.32. The molecule has 0 bridgehead atoms. The molecular formula is C18H26F2O. The van der Waals surface area contributed by atoms with E-state index in [9.17, 15) is 8.78 Å². The first-order valence-electron chi connectivity index (χ1n) is 8.12. The summed E-state index contributed by atoms with van der Waals surface area (Å²) in [7, 11) is 0. The van der Waals surface area contributed by atoms with Gasteiger partial charge in [-0.2, -0.15) is 0 Å². The summed E-state index contributed by atoms with van der Waals surface area (Å²) in [6, 6.07) is 0. The summed E-state index contributed by atoms with van der Waals surface area (Å²) in [6.45, 7) is 5.86. The lowest BCUT2D eigenvalue weighted by Gasteiger charge is -2.36. The van der Waals surface area contributed by atoms with Crippen molar-refractivity contribution in [1.82, 2.24) is 0 Å². The van der Waals surface area contributed by atoms with E-state index in [0.29, 0.717) is 18.6 Å². The highest BCUT2D eigenvalue weighted by atomic mass is 19.2. The van der Waals surface area contributed by atoms with Crippen LogP contribution in [0.3, 0.4) is 0 Å². The molecule has 0 spiro atoms. The molecular weight excluding hydrogens is 270 g/mol. The maximum Gasteiger partial charge on any atom is 0.161 e. The molecule has 0 aromatic heterocycles. The maximum atomic E-state index is 13.9. The lowest BCUT2D eigenvalue weighted by Crippen LogP contribution is -2.33. The Hall–Kier alpha value is -0.960. The van der Waals surface area contributed by atoms with Crippen LogP contribution in [0.15, 0.2) is 36.0 Å². The van der Waals surface area contributed by atoms with E-state index in [4.69, 9.17) is 4.74 Å². The highest BCUT2D eigenvalue weighted by Crippen LogP contribution is 2.36. The Bertz CT molecular complexity index is 411. The molecule has 2 unspecified atom stereocenters. The van der Waals surface area contributed by atoms with Crippen LogP contribution in [-0.2, 0) is 4.74 Å². The Balaban J connectivity index is 1.88. The Labute approximate surface area is 126 Å². The second kappa shape index (κ2) is 7.88. The van der Waals surface area contributed by atoms with E-state index in [1.165, 1.54) is 38.2 Å². The van der Waals surface area contributed by atoms with Crippen LogP contribution in [-0.4, -0.2) is 12.7 Å². The van der Waals surface area contributed by atoms with Crippen molar-refractivity contribution in [2.75, 3.05) is 6.61 Å². The van der Waals surface area contributed by atoms with Crippen molar-refractivity contribution in [3.05, 3.63) is 36.0 Å². The summed E-state index contributed by atoms with van der Waals surface area (Å²) < 4.78 is 33.3. The molecule has 1 saturated heterocycles. The molecule has 2 fully saturated rings. The van der Waals surface area contributed by atoms with Gasteiger partial charge in [0, 0.05) is 5.92 Å². The van der Waals surface area contributed by atoms with Gasteiger partial charge in [0.2, 0.25) is 0 Å². The first kappa shape index (κ1) is 16.4. The Morgan fingerprint density at radius 3 is 2.38 bits per heavy atom. The molecule has 0 amide bonds. The molecule has 3 heteroatoms. The van der Waals surface area contributed by atoms with E-state index in [-0.39, 0.29) is 11.5 Å². The first-order chi connectivity index (χ1) is 10.1. The zero-order valence-corrected chi connectivity index (χ0v) is 12.9. The Kier molecular flexibility index (Phi) is 6.16. The molecule has 2 aliphatic rings. The SMILES string of the molecule is C=C(/C(F)=C(F)\C=C/C)C1CCC(C2CCCCC2)OC1. The summed E-state index contributed by atoms with van der Waals surface area (Å²) in [5.74, 6) is -1.09. The van der Waals surface area contributed by atoms with Crippen molar-refractivity contribution >= 4 is 0 Å². The molecule has 1 aliphatic carbocycles. The topological polar surface area (TPSA) is 9.23 Å². The molecule has 0 radical (unpaired) electrons. The van der Waals surface area contributed by atoms with E-state index in [0.717, 1.165) is 18.9 Å². The maximum absolute atomic E-state index is 13.9. The van der Waals surface area contributed by atoms with Gasteiger partial charge in [0.1, 0.15) is 0 Å². The lowest BCUT2D eigenvalue weighted by atomic mass is 9.80. The number of ether oxygens (including phenoxy) is 1. The Morgan fingerprint density at radius 2 is 1.81 bits per heavy atom. The average Bonchev–Trinajstić information content (AvgIpc) is 2.54. The molecule has 2 atom stereocenters. The van der Waals surface area contributed by atoms with Crippen LogP contribution in [0.5, 0.6) is 0 Å². The van der Waals surface area contributed by atoms with Crippen molar-refractivity contribution in [1.29, 1.82) is 0 Å². The third-order valence-electron chi connectivity index (χ3n) is 4.78. The van der Waals surface area contributed by atoms with E-state index in [1.54, 1.807) is 6.92 Å². The zero-order chi connectivity index (χ0) is 15.2. The largest absolute Gasteiger partial charge is 0.377 e. The van der Waals surface area contributed by atoms with Crippen LogP contribution in [0.25, 0.3) is 0 Å². The monoisotopic (exact) mass is 296 g/mol. The molecule has 1 nitrogen and oxygen atoms in total. The molecule has 2 rings (SSSR count). The van der Waals surface area contributed by atoms with E-state index in [1.807, 2.05) is 0 Å². The summed E-state index contributed by atoms with van der Waals surface area (Å²) in [5, 5.41) is 0. The molecule has 0 aromatic rings. The van der Waals surface area contributed by atoms with Gasteiger partial charge >= 0.3 is 0 Å². The van der Waals surface area contributed by atoms with Crippen LogP contribution in [0.2, 0.25) is 0 Å². The van der Waals surface area contributed by atoms with Crippen LogP contribution in [0, 0.1) is 11.8 Å². The quantitative estimate of drug-likeness (QED) is 0.610. The minimum absolute atomic E-state index is 0.0964. The van der Waals surface area contributed by atoms with Gasteiger partial charge in [-0.15, -0.1) is 0 Å². The molecule has 0 aromatic carbocycles. The van der Waals surface area contributed by atoms with Crippen LogP contribution >= 0.6 is 0 Å². The van der Waals surface area contributed by atoms with Crippen molar-refractivity contribution < 1.29 is 13.5 Å². The normalized spacial score (nSPS) is 29.5. The van der Waals surface area contributed by atoms with Gasteiger partial charge in [-0.05, 0) is 50.2 Å². The minimum atomic E-state index is -0.836. The number of hydrogen-bond acceptors (Lipinski definition) is 1. The van der Waals surface area contributed by atoms with Gasteiger partial charge in [0.05, 0.1) is 12.7 Å². The molecule has 1 heterocycles. The fourth-order valence-electron chi connectivity index (χ4n) is 3.48. The van der Waals surface area contributed by atoms with Crippen molar-refractivity contribution in [2.45, 2.75) is 58.0 Å². The smallest absolute Gasteiger partial charge is 0.161 e. The minimum Gasteiger partial charge on any atom is -0.377 e. The fourth-order valence-corrected chi connectivity index (χ4v) is 3.48. The number of halogens is 2. The van der Waals surface area contributed by atoms with E-state index >= 15 is 0 Å². The zero-order valence-electron chi connectivity index (χ0n) is 12.9. The second-order valence-corrected chi connectivity index (χ2v) is 6.23. The van der Waals surface area contributed by atoms with Crippen molar-refractivity contribution in [3.8, 4) is 0 Å². The van der Waals surface area contributed by atoms with Gasteiger partial charge in [0.15, 0.2) is 11.7 Å². The van der Waals surface area contributed by atoms with Gasteiger partial charge in [-0.25, -0.2) is 8.78 Å². The van der Waals surface area contributed by atoms with Crippen LogP contribution < -0.4 is 0 Å². The summed E-state index contributed by atoms with van der Waals surface area (Å²) in [5.41, 5.74) is 0.243. The summed E-state index contributed by atoms with van der Waals surface area (Å²) >= 11 is 0. The highest BCUT2D eigenvalue weighted by Gasteiger charge is 2.31. The average molecular weight is 296 g/mol. The van der Waals surface area contributed by atoms with E-state index < -0.39 is 11.7 Å². The molecule has 0 N–H and O–H groups in total. The molecule has 1 saturated carbocycles. The van der Waals surface area contributed by atoms with Gasteiger partial charge in [-0.1, -0.05) is 31.9 Å². The van der Waals surface area contributed by atoms with Gasteiger partial charge in [0.25, 0.3) is 0 Å². The summed E-state index contributed by atoms with van der Waals surface area (Å²) in [6.07, 6.45) is 11.1. The van der Waals surface area contributed by atoms with Crippen LogP contribution in [0.1, 0.15) is 51.9 Å². The molecule has 21 heavy (non-hydrogen) atoms.